The lowest BCUT2D eigenvalue weighted by molar-refractivity contribution is 0.209. The van der Waals surface area contributed by atoms with Crippen LogP contribution in [-0.4, -0.2) is 136 Å². The molecule has 0 radical (unpaired) electrons. The third-order valence-electron chi connectivity index (χ3n) is 20.6. The number of aromatic hydroxyl groups is 3. The van der Waals surface area contributed by atoms with Crippen molar-refractivity contribution in [1.82, 2.24) is 14.7 Å². The minimum Gasteiger partial charge on any atom is -0.508 e. The summed E-state index contributed by atoms with van der Waals surface area (Å²) in [5.41, 5.74) is 21.0. The molecule has 3 aliphatic heterocycles. The number of aliphatic hydroxyl groups is 3. The molecule has 520 valence electrons. The largest absolute Gasteiger partial charge is 0.508 e. The van der Waals surface area contributed by atoms with E-state index in [-0.39, 0.29) is 37.1 Å². The number of rotatable bonds is 24. The Morgan fingerprint density at radius 3 is 1.11 bits per heavy atom. The summed E-state index contributed by atoms with van der Waals surface area (Å²) < 4.78 is 0. The van der Waals surface area contributed by atoms with Crippen LogP contribution in [0.5, 0.6) is 17.2 Å². The number of benzene rings is 9. The van der Waals surface area contributed by atoms with E-state index in [1.807, 2.05) is 54.6 Å². The van der Waals surface area contributed by atoms with Gasteiger partial charge in [-0.3, -0.25) is 9.80 Å². The first-order chi connectivity index (χ1) is 48.9. The molecule has 100 heavy (non-hydrogen) atoms. The number of phenols is 3. The number of allylic oxidation sites excluding steroid dienone is 3. The van der Waals surface area contributed by atoms with Crippen molar-refractivity contribution in [3.8, 4) is 17.2 Å². The third-order valence-corrected chi connectivity index (χ3v) is 20.6. The molecule has 0 amide bonds. The molecule has 10 heteroatoms. The summed E-state index contributed by atoms with van der Waals surface area (Å²) in [6.07, 6.45) is 9.60. The first-order valence-electron chi connectivity index (χ1n) is 36.7. The van der Waals surface area contributed by atoms with Gasteiger partial charge in [-0.05, 0) is 260 Å². The van der Waals surface area contributed by atoms with Gasteiger partial charge in [-0.2, -0.15) is 0 Å². The first-order valence-corrected chi connectivity index (χ1v) is 36.7. The number of phenolic OH excluding ortho intramolecular Hbond substituents is 3. The van der Waals surface area contributed by atoms with Gasteiger partial charge in [-0.1, -0.05) is 188 Å². The molecule has 1 saturated carbocycles. The second kappa shape index (κ2) is 36.0. The lowest BCUT2D eigenvalue weighted by Crippen LogP contribution is -2.48. The van der Waals surface area contributed by atoms with Crippen molar-refractivity contribution in [1.29, 1.82) is 0 Å². The van der Waals surface area contributed by atoms with E-state index in [2.05, 4.69) is 205 Å². The maximum Gasteiger partial charge on any atom is 0.116 e. The molecular weight excluding hydrogens is 1230 g/mol. The molecule has 6 N–H and O–H groups in total. The van der Waals surface area contributed by atoms with Gasteiger partial charge < -0.3 is 40.4 Å². The predicted molar refractivity (Wildman–Crippen MR) is 415 cm³/mol. The quantitative estimate of drug-likeness (QED) is 0.0325. The number of hydrogen-bond acceptors (Lipinski definition) is 10. The monoisotopic (exact) mass is 1340 g/mol. The fourth-order valence-electron chi connectivity index (χ4n) is 15.0. The number of hydrogen-bond donors (Lipinski definition) is 6. The van der Waals surface area contributed by atoms with Crippen LogP contribution >= 0.6 is 0 Å². The third kappa shape index (κ3) is 19.2. The van der Waals surface area contributed by atoms with Crippen LogP contribution in [0.4, 0.5) is 5.69 Å². The Hall–Kier alpha value is -8.84. The van der Waals surface area contributed by atoms with Crippen molar-refractivity contribution in [2.24, 2.45) is 0 Å². The van der Waals surface area contributed by atoms with Crippen LogP contribution in [0.1, 0.15) is 165 Å². The van der Waals surface area contributed by atoms with Gasteiger partial charge in [0.2, 0.25) is 0 Å². The van der Waals surface area contributed by atoms with Crippen LogP contribution in [0.25, 0.3) is 33.4 Å². The fourth-order valence-corrected chi connectivity index (χ4v) is 15.0. The highest BCUT2D eigenvalue weighted by Crippen LogP contribution is 2.42. The highest BCUT2D eigenvalue weighted by molar-refractivity contribution is 6.01. The minimum atomic E-state index is 0.149. The van der Waals surface area contributed by atoms with Crippen LogP contribution in [0, 0.1) is 0 Å². The molecule has 2 unspecified atom stereocenters. The van der Waals surface area contributed by atoms with Gasteiger partial charge >= 0.3 is 0 Å². The summed E-state index contributed by atoms with van der Waals surface area (Å²) in [5, 5.41) is 59.2. The minimum absolute atomic E-state index is 0.149. The summed E-state index contributed by atoms with van der Waals surface area (Å²) in [5.74, 6) is 1.99. The molecule has 0 spiro atoms. The zero-order valence-corrected chi connectivity index (χ0v) is 59.2. The Bertz CT molecular complexity index is 3930. The molecule has 1 aliphatic carbocycles. The highest BCUT2D eigenvalue weighted by Gasteiger charge is 2.35. The number of aliphatic hydroxyl groups excluding tert-OH is 3. The number of nitrogens with zero attached hydrogens (tertiary/aromatic N) is 4. The van der Waals surface area contributed by atoms with Crippen LogP contribution in [0.3, 0.4) is 0 Å². The van der Waals surface area contributed by atoms with Gasteiger partial charge in [-0.15, -0.1) is 0 Å². The SMILES string of the molecule is CC(C)N1CCC(c2ccc(/C(=C(/CCCO)c3ccccc3)c3cccc(O)c3)cc2)C1.CC(C)N1CCN(c2cccc(/C(=C(/CCCO)c3ccccc3)c3ccc(O)cc3)c2)CC1.OCCC/C(=C(/c1ccc(C2CCN(C3CC3)C2)cc1)c1cccc(O)c1)c1ccccc1. The van der Waals surface area contributed by atoms with Crippen LogP contribution < -0.4 is 4.90 Å². The van der Waals surface area contributed by atoms with Crippen molar-refractivity contribution < 1.29 is 30.6 Å². The summed E-state index contributed by atoms with van der Waals surface area (Å²) in [6, 6.07) is 82.7. The van der Waals surface area contributed by atoms with Crippen molar-refractivity contribution >= 4 is 39.1 Å². The summed E-state index contributed by atoms with van der Waals surface area (Å²) in [7, 11) is 0. The van der Waals surface area contributed by atoms with E-state index in [9.17, 15) is 30.6 Å². The van der Waals surface area contributed by atoms with Gasteiger partial charge in [0.1, 0.15) is 17.2 Å². The maximum absolute atomic E-state index is 10.2. The molecule has 4 fully saturated rings. The van der Waals surface area contributed by atoms with Crippen LogP contribution in [0.15, 0.2) is 237 Å². The Labute approximate surface area is 595 Å². The average molecular weight is 1340 g/mol. The van der Waals surface area contributed by atoms with E-state index in [0.717, 1.165) is 131 Å². The predicted octanol–water partition coefficient (Wildman–Crippen LogP) is 18.1. The van der Waals surface area contributed by atoms with Crippen molar-refractivity contribution in [3.63, 3.8) is 0 Å². The molecule has 0 bridgehead atoms. The summed E-state index contributed by atoms with van der Waals surface area (Å²) in [6.45, 7) is 18.4. The first kappa shape index (κ1) is 72.4. The zero-order valence-electron chi connectivity index (χ0n) is 59.2. The molecule has 2 atom stereocenters. The lowest BCUT2D eigenvalue weighted by atomic mass is 9.86. The van der Waals surface area contributed by atoms with E-state index < -0.39 is 0 Å². The van der Waals surface area contributed by atoms with E-state index in [4.69, 9.17) is 0 Å². The molecule has 10 nitrogen and oxygen atoms in total. The average Bonchev–Trinajstić information content (AvgIpc) is 0.986. The summed E-state index contributed by atoms with van der Waals surface area (Å²) in [4.78, 5) is 10.2. The Morgan fingerprint density at radius 1 is 0.340 bits per heavy atom. The van der Waals surface area contributed by atoms with Crippen LogP contribution in [-0.2, 0) is 0 Å². The van der Waals surface area contributed by atoms with E-state index >= 15 is 0 Å². The molecule has 9 aromatic carbocycles. The number of anilines is 1. The zero-order chi connectivity index (χ0) is 69.7. The van der Waals surface area contributed by atoms with Gasteiger partial charge in [-0.25, -0.2) is 0 Å². The second-order valence-electron chi connectivity index (χ2n) is 28.0. The van der Waals surface area contributed by atoms with E-state index in [0.29, 0.717) is 43.2 Å². The molecule has 9 aromatic rings. The van der Waals surface area contributed by atoms with E-state index in [1.165, 1.54) is 72.3 Å². The second-order valence-corrected chi connectivity index (χ2v) is 28.0. The van der Waals surface area contributed by atoms with E-state index in [1.54, 1.807) is 24.3 Å². The van der Waals surface area contributed by atoms with Crippen molar-refractivity contribution in [2.45, 2.75) is 122 Å². The topological polar surface area (TPSA) is 134 Å². The smallest absolute Gasteiger partial charge is 0.116 e. The van der Waals surface area contributed by atoms with Crippen molar-refractivity contribution in [2.75, 3.05) is 77.1 Å². The van der Waals surface area contributed by atoms with Gasteiger partial charge in [0.05, 0.1) is 0 Å². The Kier molecular flexibility index (Phi) is 26.0. The summed E-state index contributed by atoms with van der Waals surface area (Å²) >= 11 is 0. The lowest BCUT2D eigenvalue weighted by Gasteiger charge is -2.38. The molecule has 0 aromatic heterocycles. The highest BCUT2D eigenvalue weighted by atomic mass is 16.3. The van der Waals surface area contributed by atoms with Crippen molar-refractivity contribution in [3.05, 3.63) is 298 Å². The molecule has 3 saturated heterocycles. The normalized spacial score (nSPS) is 17.4. The number of piperazine rings is 1. The number of likely N-dealkylation sites (tertiary alicyclic amines) is 2. The Morgan fingerprint density at radius 2 is 0.720 bits per heavy atom. The molecular formula is C90H104N4O6. The maximum atomic E-state index is 10.2. The Balaban J connectivity index is 0.000000151. The molecule has 4 aliphatic rings. The molecule has 13 rings (SSSR count). The fraction of sp³-hybridized carbons (Fsp3) is 0.333. The van der Waals surface area contributed by atoms with Crippen LogP contribution in [0.2, 0.25) is 0 Å². The van der Waals surface area contributed by atoms with Gasteiger partial charge in [0.15, 0.2) is 0 Å². The molecule has 3 heterocycles. The standard InChI is InChI=1S/C30H36N2O2.C30H33NO2.C30H35NO2/c1-23(2)31-17-19-32(20-18-31)27-11-6-10-26(22-27)30(25-13-15-28(34)16-14-25)29(12-7-21-33)24-8-4-3-5-9-24;32-19-5-10-29(23-6-2-1-3-7-23)30(25-8-4-9-28(33)20-25)24-13-11-22(12-14-24)26-17-18-31(21-26)27-15-16-27;1-22(2)31-18-17-27(21-31)23-13-15-25(16-14-23)30(26-10-6-11-28(33)20-26)29(12-7-19-32)24-8-4-3-5-9-24/h3-6,8-11,13-16,22-23,33-34H,7,12,17-21H2,1-2H3;1-4,6-9,11-14,20,26-27,32-33H,5,10,15-19,21H2;3-6,8-11,13-16,20,22,27,32-33H,7,12,17-19,21H2,1-2H3/b30-29-;2*30-29+. The van der Waals surface area contributed by atoms with Gasteiger partial charge in [0.25, 0.3) is 0 Å². The van der Waals surface area contributed by atoms with Gasteiger partial charge in [0, 0.05) is 82.9 Å².